The second-order valence-corrected chi connectivity index (χ2v) is 5.75. The summed E-state index contributed by atoms with van der Waals surface area (Å²) in [6.07, 6.45) is 1.47. The van der Waals surface area contributed by atoms with Crippen LogP contribution in [0.15, 0.2) is 30.3 Å². The molecule has 1 aliphatic rings. The van der Waals surface area contributed by atoms with Crippen molar-refractivity contribution >= 4 is 5.91 Å². The fraction of sp³-hybridized carbons (Fsp3) is 0.412. The van der Waals surface area contributed by atoms with E-state index in [9.17, 15) is 9.90 Å². The zero-order chi connectivity index (χ0) is 16.2. The van der Waals surface area contributed by atoms with Crippen molar-refractivity contribution in [1.29, 1.82) is 0 Å². The number of ether oxygens (including phenoxy) is 1. The standard InChI is InChI=1S/C17H21N3O3/c1-12-15(19-20-8-5-9-23-17(12)20)16(22)18-14(11-21)10-13-6-3-2-4-7-13/h2-4,6-7,14,21H,5,8-11H2,1H3,(H,18,22). The molecule has 0 saturated heterocycles. The molecule has 23 heavy (non-hydrogen) atoms. The van der Waals surface area contributed by atoms with Gasteiger partial charge in [-0.1, -0.05) is 30.3 Å². The molecule has 0 fully saturated rings. The molecule has 2 aromatic rings. The van der Waals surface area contributed by atoms with Crippen molar-refractivity contribution in [2.75, 3.05) is 13.2 Å². The first-order valence-corrected chi connectivity index (χ1v) is 7.85. The number of rotatable bonds is 5. The van der Waals surface area contributed by atoms with Crippen LogP contribution < -0.4 is 10.1 Å². The highest BCUT2D eigenvalue weighted by Gasteiger charge is 2.24. The van der Waals surface area contributed by atoms with Gasteiger partial charge in [-0.15, -0.1) is 0 Å². The number of aromatic nitrogens is 2. The highest BCUT2D eigenvalue weighted by Crippen LogP contribution is 2.25. The molecule has 1 amide bonds. The SMILES string of the molecule is Cc1c(C(=O)NC(CO)Cc2ccccc2)nn2c1OCCC2. The number of nitrogens with one attached hydrogen (secondary N) is 1. The zero-order valence-electron chi connectivity index (χ0n) is 13.2. The molecule has 6 heteroatoms. The van der Waals surface area contributed by atoms with Crippen LogP contribution in [0, 0.1) is 6.92 Å². The maximum Gasteiger partial charge on any atom is 0.272 e. The number of nitrogens with zero attached hydrogens (tertiary/aromatic N) is 2. The fourth-order valence-electron chi connectivity index (χ4n) is 2.78. The summed E-state index contributed by atoms with van der Waals surface area (Å²) in [4.78, 5) is 12.5. The Hall–Kier alpha value is -2.34. The maximum absolute atomic E-state index is 12.5. The summed E-state index contributed by atoms with van der Waals surface area (Å²) < 4.78 is 7.32. The van der Waals surface area contributed by atoms with Crippen LogP contribution >= 0.6 is 0 Å². The lowest BCUT2D eigenvalue weighted by Gasteiger charge is -2.16. The Morgan fingerprint density at radius 1 is 1.43 bits per heavy atom. The van der Waals surface area contributed by atoms with E-state index in [4.69, 9.17) is 4.74 Å². The molecule has 122 valence electrons. The number of hydrogen-bond donors (Lipinski definition) is 2. The molecule has 1 atom stereocenters. The molecule has 1 aromatic heterocycles. The third-order valence-electron chi connectivity index (χ3n) is 3.98. The number of fused-ring (bicyclic) bond motifs is 1. The molecule has 3 rings (SSSR count). The quantitative estimate of drug-likeness (QED) is 0.872. The Morgan fingerprint density at radius 3 is 2.91 bits per heavy atom. The molecule has 0 radical (unpaired) electrons. The lowest BCUT2D eigenvalue weighted by atomic mass is 10.1. The van der Waals surface area contributed by atoms with E-state index in [0.717, 1.165) is 24.1 Å². The lowest BCUT2D eigenvalue weighted by Crippen LogP contribution is -2.39. The van der Waals surface area contributed by atoms with Gasteiger partial charge in [-0.3, -0.25) is 4.79 Å². The van der Waals surface area contributed by atoms with Crippen LogP contribution in [0.25, 0.3) is 0 Å². The molecule has 1 aromatic carbocycles. The number of aliphatic hydroxyl groups is 1. The van der Waals surface area contributed by atoms with Crippen LogP contribution in [-0.4, -0.2) is 40.0 Å². The van der Waals surface area contributed by atoms with Gasteiger partial charge in [0.2, 0.25) is 5.88 Å². The number of aliphatic hydroxyl groups excluding tert-OH is 1. The molecule has 0 saturated carbocycles. The fourth-order valence-corrected chi connectivity index (χ4v) is 2.78. The van der Waals surface area contributed by atoms with Crippen molar-refractivity contribution in [3.05, 3.63) is 47.2 Å². The van der Waals surface area contributed by atoms with Crippen molar-refractivity contribution in [1.82, 2.24) is 15.1 Å². The van der Waals surface area contributed by atoms with Crippen LogP contribution in [0.3, 0.4) is 0 Å². The van der Waals surface area contributed by atoms with E-state index in [1.54, 1.807) is 4.68 Å². The van der Waals surface area contributed by atoms with Gasteiger partial charge >= 0.3 is 0 Å². The van der Waals surface area contributed by atoms with Gasteiger partial charge in [0.05, 0.1) is 19.3 Å². The predicted molar refractivity (Wildman–Crippen MR) is 85.6 cm³/mol. The smallest absolute Gasteiger partial charge is 0.272 e. The summed E-state index contributed by atoms with van der Waals surface area (Å²) in [7, 11) is 0. The van der Waals surface area contributed by atoms with E-state index >= 15 is 0 Å². The van der Waals surface area contributed by atoms with Crippen LogP contribution in [0.2, 0.25) is 0 Å². The monoisotopic (exact) mass is 315 g/mol. The van der Waals surface area contributed by atoms with Gasteiger partial charge in [0.25, 0.3) is 5.91 Å². The van der Waals surface area contributed by atoms with E-state index < -0.39 is 0 Å². The van der Waals surface area contributed by atoms with E-state index in [0.29, 0.717) is 24.6 Å². The molecular formula is C17H21N3O3. The molecule has 1 unspecified atom stereocenters. The number of benzene rings is 1. The minimum atomic E-state index is -0.344. The first kappa shape index (κ1) is 15.6. The van der Waals surface area contributed by atoms with Crippen molar-refractivity contribution < 1.29 is 14.6 Å². The summed E-state index contributed by atoms with van der Waals surface area (Å²) in [5.41, 5.74) is 2.18. The van der Waals surface area contributed by atoms with Crippen molar-refractivity contribution in [2.45, 2.75) is 32.4 Å². The lowest BCUT2D eigenvalue weighted by molar-refractivity contribution is 0.0910. The van der Waals surface area contributed by atoms with E-state index in [1.807, 2.05) is 37.3 Å². The van der Waals surface area contributed by atoms with Gasteiger partial charge in [0, 0.05) is 18.5 Å². The molecule has 2 N–H and O–H groups in total. The number of carbonyl (C=O) groups excluding carboxylic acids is 1. The Labute approximate surface area is 135 Å². The third-order valence-corrected chi connectivity index (χ3v) is 3.98. The van der Waals surface area contributed by atoms with Gasteiger partial charge in [0.1, 0.15) is 0 Å². The second kappa shape index (κ2) is 6.83. The van der Waals surface area contributed by atoms with Gasteiger partial charge < -0.3 is 15.2 Å². The Bertz CT molecular complexity index is 682. The van der Waals surface area contributed by atoms with Gasteiger partial charge in [-0.2, -0.15) is 5.10 Å². The zero-order valence-corrected chi connectivity index (χ0v) is 13.2. The highest BCUT2D eigenvalue weighted by atomic mass is 16.5. The Kier molecular flexibility index (Phi) is 4.62. The summed E-state index contributed by atoms with van der Waals surface area (Å²) in [5, 5.41) is 16.8. The van der Waals surface area contributed by atoms with Crippen molar-refractivity contribution in [3.8, 4) is 5.88 Å². The molecule has 0 aliphatic carbocycles. The second-order valence-electron chi connectivity index (χ2n) is 5.75. The molecule has 1 aliphatic heterocycles. The Balaban J connectivity index is 1.71. The van der Waals surface area contributed by atoms with Crippen LogP contribution in [-0.2, 0) is 13.0 Å². The summed E-state index contributed by atoms with van der Waals surface area (Å²) in [5.74, 6) is 0.396. The first-order valence-electron chi connectivity index (χ1n) is 7.85. The Morgan fingerprint density at radius 2 is 2.22 bits per heavy atom. The maximum atomic E-state index is 12.5. The average Bonchev–Trinajstić information content (AvgIpc) is 2.92. The average molecular weight is 315 g/mol. The molecule has 6 nitrogen and oxygen atoms in total. The normalized spacial score (nSPS) is 14.7. The molecular weight excluding hydrogens is 294 g/mol. The van der Waals surface area contributed by atoms with Gasteiger partial charge in [-0.25, -0.2) is 4.68 Å². The summed E-state index contributed by atoms with van der Waals surface area (Å²) in [6.45, 7) is 3.13. The number of amides is 1. The number of carbonyl (C=O) groups is 1. The van der Waals surface area contributed by atoms with E-state index in [1.165, 1.54) is 0 Å². The minimum absolute atomic E-state index is 0.121. The molecule has 0 bridgehead atoms. The van der Waals surface area contributed by atoms with Crippen molar-refractivity contribution in [2.24, 2.45) is 0 Å². The number of hydrogen-bond acceptors (Lipinski definition) is 4. The van der Waals surface area contributed by atoms with Gasteiger partial charge in [-0.05, 0) is 18.9 Å². The van der Waals surface area contributed by atoms with Gasteiger partial charge in [0.15, 0.2) is 5.69 Å². The summed E-state index contributed by atoms with van der Waals surface area (Å²) in [6, 6.07) is 9.43. The third kappa shape index (κ3) is 3.37. The van der Waals surface area contributed by atoms with Crippen LogP contribution in [0.4, 0.5) is 0 Å². The van der Waals surface area contributed by atoms with Crippen LogP contribution in [0.1, 0.15) is 28.0 Å². The van der Waals surface area contributed by atoms with E-state index in [-0.39, 0.29) is 18.6 Å². The summed E-state index contributed by atoms with van der Waals surface area (Å²) >= 11 is 0. The topological polar surface area (TPSA) is 76.4 Å². The highest BCUT2D eigenvalue weighted by molar-refractivity contribution is 5.94. The molecule has 2 heterocycles. The number of aryl methyl sites for hydroxylation is 1. The predicted octanol–water partition coefficient (Wildman–Crippen LogP) is 1.31. The largest absolute Gasteiger partial charge is 0.478 e. The van der Waals surface area contributed by atoms with Crippen molar-refractivity contribution in [3.63, 3.8) is 0 Å². The van der Waals surface area contributed by atoms with Crippen LogP contribution in [0.5, 0.6) is 5.88 Å². The minimum Gasteiger partial charge on any atom is -0.478 e. The first-order chi connectivity index (χ1) is 11.2. The molecule has 0 spiro atoms. The van der Waals surface area contributed by atoms with E-state index in [2.05, 4.69) is 10.4 Å².